The molecule has 0 aromatic carbocycles. The van der Waals surface area contributed by atoms with Gasteiger partial charge in [-0.25, -0.2) is 0 Å². The van der Waals surface area contributed by atoms with Crippen LogP contribution in [0.4, 0.5) is 0 Å². The minimum Gasteiger partial charge on any atom is -0.473 e. The number of aliphatic hydroxyl groups excluding tert-OH is 1. The molecule has 1 atom stereocenters. The van der Waals surface area contributed by atoms with Gasteiger partial charge in [0, 0.05) is 6.07 Å². The van der Waals surface area contributed by atoms with Gasteiger partial charge in [-0.05, 0) is 5.16 Å². The zero-order valence-corrected chi connectivity index (χ0v) is 6.40. The molecular formula is C7H9NO4. The fourth-order valence-electron chi connectivity index (χ4n) is 0.779. The number of aliphatic hydroxyl groups is 1. The van der Waals surface area contributed by atoms with E-state index >= 15 is 0 Å². The van der Waals surface area contributed by atoms with Crippen LogP contribution in [-0.4, -0.2) is 29.6 Å². The van der Waals surface area contributed by atoms with Crippen molar-refractivity contribution in [2.45, 2.75) is 12.7 Å². The Morgan fingerprint density at radius 2 is 2.58 bits per heavy atom. The van der Waals surface area contributed by atoms with E-state index in [1.165, 1.54) is 0 Å². The monoisotopic (exact) mass is 171 g/mol. The fourth-order valence-corrected chi connectivity index (χ4v) is 0.779. The zero-order valence-electron chi connectivity index (χ0n) is 6.40. The van der Waals surface area contributed by atoms with E-state index in [1.54, 1.807) is 6.07 Å². The van der Waals surface area contributed by atoms with E-state index in [0.717, 1.165) is 6.61 Å². The molecule has 0 saturated carbocycles. The highest BCUT2D eigenvalue weighted by molar-refractivity contribution is 5.10. The van der Waals surface area contributed by atoms with Crippen molar-refractivity contribution in [3.8, 4) is 5.88 Å². The minimum absolute atomic E-state index is 0.156. The Kier molecular flexibility index (Phi) is 1.97. The van der Waals surface area contributed by atoms with Gasteiger partial charge >= 0.3 is 0 Å². The molecule has 5 heteroatoms. The highest BCUT2D eigenvalue weighted by atomic mass is 16.6. The van der Waals surface area contributed by atoms with Crippen LogP contribution in [-0.2, 0) is 11.3 Å². The molecule has 0 amide bonds. The molecule has 66 valence electrons. The Balaban J connectivity index is 1.84. The smallest absolute Gasteiger partial charge is 0.254 e. The van der Waals surface area contributed by atoms with E-state index in [9.17, 15) is 0 Å². The van der Waals surface area contributed by atoms with Gasteiger partial charge in [0.05, 0.1) is 6.61 Å². The van der Waals surface area contributed by atoms with Gasteiger partial charge < -0.3 is 19.1 Å². The van der Waals surface area contributed by atoms with E-state index in [0.29, 0.717) is 18.2 Å². The van der Waals surface area contributed by atoms with Crippen molar-refractivity contribution in [2.75, 3.05) is 13.2 Å². The molecule has 1 saturated heterocycles. The summed E-state index contributed by atoms with van der Waals surface area (Å²) in [5.41, 5.74) is 0. The highest BCUT2D eigenvalue weighted by Gasteiger charge is 2.23. The Morgan fingerprint density at radius 3 is 3.17 bits per heavy atom. The maximum atomic E-state index is 8.63. The second-order valence-corrected chi connectivity index (χ2v) is 2.56. The van der Waals surface area contributed by atoms with Crippen molar-refractivity contribution in [2.24, 2.45) is 0 Å². The first-order chi connectivity index (χ1) is 5.88. The molecule has 1 aliphatic rings. The Labute approximate surface area is 68.9 Å². The molecule has 2 heterocycles. The minimum atomic E-state index is -0.156. The van der Waals surface area contributed by atoms with Gasteiger partial charge in [0.25, 0.3) is 5.88 Å². The lowest BCUT2D eigenvalue weighted by atomic mass is 10.5. The molecule has 12 heavy (non-hydrogen) atoms. The molecule has 1 unspecified atom stereocenters. The largest absolute Gasteiger partial charge is 0.473 e. The van der Waals surface area contributed by atoms with Crippen molar-refractivity contribution in [1.82, 2.24) is 5.16 Å². The van der Waals surface area contributed by atoms with Crippen LogP contribution in [0.2, 0.25) is 0 Å². The first-order valence-corrected chi connectivity index (χ1v) is 3.69. The number of hydrogen-bond acceptors (Lipinski definition) is 5. The number of rotatable bonds is 4. The summed E-state index contributed by atoms with van der Waals surface area (Å²) >= 11 is 0. The molecule has 0 radical (unpaired) electrons. The quantitative estimate of drug-likeness (QED) is 0.643. The SMILES string of the molecule is OCc1cc(OCC2CO2)no1. The number of ether oxygens (including phenoxy) is 2. The third-order valence-corrected chi connectivity index (χ3v) is 1.51. The van der Waals surface area contributed by atoms with Crippen molar-refractivity contribution in [3.05, 3.63) is 11.8 Å². The van der Waals surface area contributed by atoms with E-state index in [-0.39, 0.29) is 12.7 Å². The summed E-state index contributed by atoms with van der Waals surface area (Å²) < 4.78 is 14.8. The number of hydrogen-bond donors (Lipinski definition) is 1. The van der Waals surface area contributed by atoms with Crippen LogP contribution in [0.15, 0.2) is 10.6 Å². The van der Waals surface area contributed by atoms with E-state index in [1.807, 2.05) is 0 Å². The lowest BCUT2D eigenvalue weighted by molar-refractivity contribution is 0.217. The fraction of sp³-hybridized carbons (Fsp3) is 0.571. The van der Waals surface area contributed by atoms with Crippen molar-refractivity contribution in [3.63, 3.8) is 0 Å². The Morgan fingerprint density at radius 1 is 1.75 bits per heavy atom. The first kappa shape index (κ1) is 7.57. The molecule has 0 spiro atoms. The number of nitrogens with zero attached hydrogens (tertiary/aromatic N) is 1. The van der Waals surface area contributed by atoms with Gasteiger partial charge in [0.15, 0.2) is 5.76 Å². The predicted molar refractivity (Wildman–Crippen MR) is 37.7 cm³/mol. The van der Waals surface area contributed by atoms with Crippen LogP contribution in [0, 0.1) is 0 Å². The third-order valence-electron chi connectivity index (χ3n) is 1.51. The van der Waals surface area contributed by atoms with Crippen molar-refractivity contribution < 1.29 is 19.1 Å². The van der Waals surface area contributed by atoms with Gasteiger partial charge in [-0.3, -0.25) is 0 Å². The van der Waals surface area contributed by atoms with Gasteiger partial charge in [0.2, 0.25) is 0 Å². The molecule has 1 aliphatic heterocycles. The molecule has 1 N–H and O–H groups in total. The van der Waals surface area contributed by atoms with Crippen LogP contribution >= 0.6 is 0 Å². The summed E-state index contributed by atoms with van der Waals surface area (Å²) in [4.78, 5) is 0. The summed E-state index contributed by atoms with van der Waals surface area (Å²) in [5.74, 6) is 0.802. The molecule has 0 bridgehead atoms. The summed E-state index contributed by atoms with van der Waals surface area (Å²) in [6.45, 7) is 1.10. The molecule has 1 fully saturated rings. The number of epoxide rings is 1. The second kappa shape index (κ2) is 3.12. The van der Waals surface area contributed by atoms with Crippen LogP contribution in [0.5, 0.6) is 5.88 Å². The van der Waals surface area contributed by atoms with Crippen molar-refractivity contribution in [1.29, 1.82) is 0 Å². The standard InChI is InChI=1S/C7H9NO4/c9-2-5-1-7(8-12-5)11-4-6-3-10-6/h1,6,9H,2-4H2. The third kappa shape index (κ3) is 1.75. The Hall–Kier alpha value is -1.07. The average Bonchev–Trinajstić information content (AvgIpc) is 2.81. The average molecular weight is 171 g/mol. The van der Waals surface area contributed by atoms with Crippen LogP contribution in [0.3, 0.4) is 0 Å². The van der Waals surface area contributed by atoms with Gasteiger partial charge in [-0.15, -0.1) is 0 Å². The molecule has 2 rings (SSSR count). The topological polar surface area (TPSA) is 68.0 Å². The molecule has 1 aromatic rings. The predicted octanol–water partition coefficient (Wildman–Crippen LogP) is -0.0555. The van der Waals surface area contributed by atoms with E-state index in [2.05, 4.69) is 5.16 Å². The second-order valence-electron chi connectivity index (χ2n) is 2.56. The number of aromatic nitrogens is 1. The molecule has 0 aliphatic carbocycles. The summed E-state index contributed by atoms with van der Waals surface area (Å²) in [6.07, 6.45) is 0.208. The summed E-state index contributed by atoms with van der Waals surface area (Å²) in [7, 11) is 0. The van der Waals surface area contributed by atoms with Crippen LogP contribution < -0.4 is 4.74 Å². The van der Waals surface area contributed by atoms with E-state index < -0.39 is 0 Å². The normalized spacial score (nSPS) is 20.9. The summed E-state index contributed by atoms with van der Waals surface area (Å²) in [5, 5.41) is 12.2. The maximum Gasteiger partial charge on any atom is 0.254 e. The van der Waals surface area contributed by atoms with E-state index in [4.69, 9.17) is 19.1 Å². The van der Waals surface area contributed by atoms with Crippen LogP contribution in [0.25, 0.3) is 0 Å². The first-order valence-electron chi connectivity index (χ1n) is 3.69. The zero-order chi connectivity index (χ0) is 8.39. The summed E-state index contributed by atoms with van der Waals surface area (Å²) in [6, 6.07) is 1.56. The molecular weight excluding hydrogens is 162 g/mol. The van der Waals surface area contributed by atoms with Crippen LogP contribution in [0.1, 0.15) is 5.76 Å². The molecule has 1 aromatic heterocycles. The van der Waals surface area contributed by atoms with Gasteiger partial charge in [-0.2, -0.15) is 0 Å². The maximum absolute atomic E-state index is 8.63. The lowest BCUT2D eigenvalue weighted by Crippen LogP contribution is -2.03. The van der Waals surface area contributed by atoms with Crippen molar-refractivity contribution >= 4 is 0 Å². The Bertz CT molecular complexity index is 256. The lowest BCUT2D eigenvalue weighted by Gasteiger charge is -1.95. The molecule has 5 nitrogen and oxygen atoms in total. The van der Waals surface area contributed by atoms with Gasteiger partial charge in [0.1, 0.15) is 19.3 Å². The highest BCUT2D eigenvalue weighted by Crippen LogP contribution is 2.14. The van der Waals surface area contributed by atoms with Gasteiger partial charge in [-0.1, -0.05) is 0 Å².